The minimum atomic E-state index is -2.83. The summed E-state index contributed by atoms with van der Waals surface area (Å²) in [4.78, 5) is 12.6. The highest BCUT2D eigenvalue weighted by Crippen LogP contribution is 2.20. The molecule has 1 aromatic carbocycles. The molecular weight excluding hydrogens is 280 g/mol. The van der Waals surface area contributed by atoms with Crippen molar-refractivity contribution in [2.24, 2.45) is 5.73 Å². The van der Waals surface area contributed by atoms with Gasteiger partial charge in [0, 0.05) is 31.2 Å². The number of primary amides is 1. The number of nitrogens with two attached hydrogens (primary N) is 1. The third-order valence-electron chi connectivity index (χ3n) is 3.58. The Balaban J connectivity index is 1.85. The first-order chi connectivity index (χ1) is 10.1. The van der Waals surface area contributed by atoms with Crippen LogP contribution in [0.4, 0.5) is 13.6 Å². The number of hydrogen-bond donors (Lipinski definition) is 2. The number of halogens is 2. The third kappa shape index (κ3) is 4.56. The Bertz CT molecular complexity index is 477. The first-order valence-corrected chi connectivity index (χ1v) is 6.86. The van der Waals surface area contributed by atoms with Gasteiger partial charge in [0.15, 0.2) is 0 Å². The second kappa shape index (κ2) is 7.21. The van der Waals surface area contributed by atoms with E-state index in [2.05, 4.69) is 10.1 Å². The standard InChI is InChI=1S/C14H19F2N3O2/c15-13(16)21-12-4-2-1-3-10(12)9-18-11-5-7-19(8-6-11)14(17)20/h1-4,11,13,18H,5-9H2,(H2,17,20). The molecule has 0 aromatic heterocycles. The van der Waals surface area contributed by atoms with Gasteiger partial charge in [0.1, 0.15) is 5.75 Å². The largest absolute Gasteiger partial charge is 0.434 e. The maximum absolute atomic E-state index is 12.3. The van der Waals surface area contributed by atoms with Gasteiger partial charge in [0.05, 0.1) is 0 Å². The zero-order valence-electron chi connectivity index (χ0n) is 11.6. The van der Waals surface area contributed by atoms with Gasteiger partial charge in [-0.05, 0) is 18.9 Å². The molecule has 3 N–H and O–H groups in total. The lowest BCUT2D eigenvalue weighted by Gasteiger charge is -2.31. The smallest absolute Gasteiger partial charge is 0.387 e. The minimum absolute atomic E-state index is 0.189. The van der Waals surface area contributed by atoms with Crippen LogP contribution in [0.25, 0.3) is 0 Å². The molecule has 0 atom stereocenters. The summed E-state index contributed by atoms with van der Waals surface area (Å²) < 4.78 is 29.1. The monoisotopic (exact) mass is 299 g/mol. The van der Waals surface area contributed by atoms with Gasteiger partial charge in [-0.25, -0.2) is 4.79 Å². The lowest BCUT2D eigenvalue weighted by Crippen LogP contribution is -2.46. The number of nitrogens with zero attached hydrogens (tertiary/aromatic N) is 1. The Morgan fingerprint density at radius 1 is 1.38 bits per heavy atom. The minimum Gasteiger partial charge on any atom is -0.434 e. The topological polar surface area (TPSA) is 67.6 Å². The number of nitrogens with one attached hydrogen (secondary N) is 1. The Kier molecular flexibility index (Phi) is 5.32. The molecule has 21 heavy (non-hydrogen) atoms. The quantitative estimate of drug-likeness (QED) is 0.873. The van der Waals surface area contributed by atoms with Crippen LogP contribution >= 0.6 is 0 Å². The van der Waals surface area contributed by atoms with E-state index in [-0.39, 0.29) is 11.8 Å². The predicted molar refractivity (Wildman–Crippen MR) is 74.1 cm³/mol. The summed E-state index contributed by atoms with van der Waals surface area (Å²) in [6.07, 6.45) is 1.58. The van der Waals surface area contributed by atoms with Crippen LogP contribution in [0.1, 0.15) is 18.4 Å². The van der Waals surface area contributed by atoms with Crippen LogP contribution in [-0.4, -0.2) is 36.7 Å². The molecule has 7 heteroatoms. The highest BCUT2D eigenvalue weighted by atomic mass is 19.3. The summed E-state index contributed by atoms with van der Waals surface area (Å²) in [6, 6.07) is 6.56. The van der Waals surface area contributed by atoms with E-state index in [0.29, 0.717) is 25.2 Å². The zero-order valence-corrected chi connectivity index (χ0v) is 11.6. The van der Waals surface area contributed by atoms with Crippen LogP contribution in [0.5, 0.6) is 5.75 Å². The van der Waals surface area contributed by atoms with Crippen LogP contribution in [0.15, 0.2) is 24.3 Å². The Hall–Kier alpha value is -1.89. The molecule has 1 fully saturated rings. The summed E-state index contributed by atoms with van der Waals surface area (Å²) in [7, 11) is 0. The number of ether oxygens (including phenoxy) is 1. The van der Waals surface area contributed by atoms with E-state index in [1.165, 1.54) is 6.07 Å². The molecule has 0 radical (unpaired) electrons. The molecular formula is C14H19F2N3O2. The summed E-state index contributed by atoms with van der Waals surface area (Å²) >= 11 is 0. The maximum Gasteiger partial charge on any atom is 0.387 e. The molecule has 1 aromatic rings. The lowest BCUT2D eigenvalue weighted by molar-refractivity contribution is -0.0505. The molecule has 0 bridgehead atoms. The fraction of sp³-hybridized carbons (Fsp3) is 0.500. The second-order valence-electron chi connectivity index (χ2n) is 4.97. The van der Waals surface area contributed by atoms with Crippen molar-refractivity contribution in [2.45, 2.75) is 32.0 Å². The van der Waals surface area contributed by atoms with Crippen LogP contribution in [0, 0.1) is 0 Å². The SMILES string of the molecule is NC(=O)N1CCC(NCc2ccccc2OC(F)F)CC1. The van der Waals surface area contributed by atoms with Crippen molar-refractivity contribution in [1.29, 1.82) is 0 Å². The van der Waals surface area contributed by atoms with Gasteiger partial charge in [0.2, 0.25) is 0 Å². The summed E-state index contributed by atoms with van der Waals surface area (Å²) in [5.74, 6) is 0.189. The first kappa shape index (κ1) is 15.5. The van der Waals surface area contributed by atoms with Gasteiger partial charge in [-0.1, -0.05) is 18.2 Å². The maximum atomic E-state index is 12.3. The molecule has 0 spiro atoms. The van der Waals surface area contributed by atoms with Crippen LogP contribution in [0.3, 0.4) is 0 Å². The van der Waals surface area contributed by atoms with Crippen LogP contribution in [0.2, 0.25) is 0 Å². The normalized spacial score (nSPS) is 16.2. The molecule has 0 saturated carbocycles. The number of alkyl halides is 2. The third-order valence-corrected chi connectivity index (χ3v) is 3.58. The molecule has 1 saturated heterocycles. The van der Waals surface area contributed by atoms with Gasteiger partial charge >= 0.3 is 12.6 Å². The van der Waals surface area contributed by atoms with Crippen LogP contribution in [-0.2, 0) is 6.54 Å². The Labute approximate surface area is 122 Å². The number of piperidine rings is 1. The number of likely N-dealkylation sites (tertiary alicyclic amines) is 1. The van der Waals surface area contributed by atoms with E-state index in [0.717, 1.165) is 12.8 Å². The average Bonchev–Trinajstić information content (AvgIpc) is 2.46. The van der Waals surface area contributed by atoms with E-state index in [1.807, 2.05) is 0 Å². The van der Waals surface area contributed by atoms with E-state index in [4.69, 9.17) is 5.73 Å². The molecule has 1 aliphatic rings. The van der Waals surface area contributed by atoms with Crippen molar-refractivity contribution >= 4 is 6.03 Å². The number of benzene rings is 1. The molecule has 2 amide bonds. The predicted octanol–water partition coefficient (Wildman–Crippen LogP) is 1.92. The van der Waals surface area contributed by atoms with Gasteiger partial charge in [-0.3, -0.25) is 0 Å². The van der Waals surface area contributed by atoms with E-state index in [9.17, 15) is 13.6 Å². The molecule has 2 rings (SSSR count). The zero-order chi connectivity index (χ0) is 15.2. The van der Waals surface area contributed by atoms with Crippen molar-refractivity contribution in [2.75, 3.05) is 13.1 Å². The fourth-order valence-corrected chi connectivity index (χ4v) is 2.42. The van der Waals surface area contributed by atoms with Crippen LogP contribution < -0.4 is 15.8 Å². The van der Waals surface area contributed by atoms with Crippen molar-refractivity contribution < 1.29 is 18.3 Å². The van der Waals surface area contributed by atoms with Crippen molar-refractivity contribution in [3.63, 3.8) is 0 Å². The molecule has 0 aliphatic carbocycles. The Morgan fingerprint density at radius 2 is 2.05 bits per heavy atom. The highest BCUT2D eigenvalue weighted by Gasteiger charge is 2.21. The molecule has 1 heterocycles. The summed E-state index contributed by atoms with van der Waals surface area (Å²) in [5.41, 5.74) is 5.91. The van der Waals surface area contributed by atoms with Gasteiger partial charge in [0.25, 0.3) is 0 Å². The van der Waals surface area contributed by atoms with E-state index in [1.54, 1.807) is 23.1 Å². The van der Waals surface area contributed by atoms with E-state index >= 15 is 0 Å². The number of hydrogen-bond acceptors (Lipinski definition) is 3. The molecule has 5 nitrogen and oxygen atoms in total. The van der Waals surface area contributed by atoms with E-state index < -0.39 is 12.6 Å². The molecule has 116 valence electrons. The Morgan fingerprint density at radius 3 is 2.67 bits per heavy atom. The number of amides is 2. The first-order valence-electron chi connectivity index (χ1n) is 6.86. The fourth-order valence-electron chi connectivity index (χ4n) is 2.42. The van der Waals surface area contributed by atoms with Gasteiger partial charge < -0.3 is 20.7 Å². The average molecular weight is 299 g/mol. The van der Waals surface area contributed by atoms with Crippen molar-refractivity contribution in [1.82, 2.24) is 10.2 Å². The van der Waals surface area contributed by atoms with Crippen molar-refractivity contribution in [3.05, 3.63) is 29.8 Å². The van der Waals surface area contributed by atoms with Gasteiger partial charge in [-0.2, -0.15) is 8.78 Å². The number of para-hydroxylation sites is 1. The number of carbonyl (C=O) groups excluding carboxylic acids is 1. The highest BCUT2D eigenvalue weighted by molar-refractivity contribution is 5.72. The molecule has 0 unspecified atom stereocenters. The molecule has 1 aliphatic heterocycles. The van der Waals surface area contributed by atoms with Crippen molar-refractivity contribution in [3.8, 4) is 5.75 Å². The second-order valence-corrected chi connectivity index (χ2v) is 4.97. The number of urea groups is 1. The lowest BCUT2D eigenvalue weighted by atomic mass is 10.0. The number of carbonyl (C=O) groups is 1. The van der Waals surface area contributed by atoms with Gasteiger partial charge in [-0.15, -0.1) is 0 Å². The summed E-state index contributed by atoms with van der Waals surface area (Å²) in [6.45, 7) is -1.15. The number of rotatable bonds is 5. The summed E-state index contributed by atoms with van der Waals surface area (Å²) in [5, 5.41) is 3.31.